The number of rotatable bonds is 6. The van der Waals surface area contributed by atoms with E-state index in [0.29, 0.717) is 28.0 Å². The normalized spacial score (nSPS) is 15.6. The van der Waals surface area contributed by atoms with E-state index in [2.05, 4.69) is 21.9 Å². The SMILES string of the molecule is C=CCSc1nc2c(c(=O)[nH]1)[C@H](c1cccc(F)c1)C(C(=O)OCC)=C(C)N2. The Morgan fingerprint density at radius 1 is 1.46 bits per heavy atom. The van der Waals surface area contributed by atoms with Crippen LogP contribution in [0.1, 0.15) is 30.9 Å². The predicted molar refractivity (Wildman–Crippen MR) is 107 cm³/mol. The first-order valence-electron chi connectivity index (χ1n) is 8.74. The summed E-state index contributed by atoms with van der Waals surface area (Å²) >= 11 is 1.33. The van der Waals surface area contributed by atoms with E-state index in [9.17, 15) is 14.0 Å². The van der Waals surface area contributed by atoms with Gasteiger partial charge in [-0.25, -0.2) is 14.2 Å². The van der Waals surface area contributed by atoms with Gasteiger partial charge in [0.05, 0.1) is 23.7 Å². The summed E-state index contributed by atoms with van der Waals surface area (Å²) in [6.07, 6.45) is 1.71. The summed E-state index contributed by atoms with van der Waals surface area (Å²) in [5, 5.41) is 3.47. The van der Waals surface area contributed by atoms with Gasteiger partial charge in [0, 0.05) is 11.4 Å². The van der Waals surface area contributed by atoms with E-state index in [-0.39, 0.29) is 17.7 Å². The minimum Gasteiger partial charge on any atom is -0.463 e. The van der Waals surface area contributed by atoms with Gasteiger partial charge in [-0.05, 0) is 31.5 Å². The number of aromatic nitrogens is 2. The van der Waals surface area contributed by atoms with E-state index >= 15 is 0 Å². The number of nitrogens with zero attached hydrogens (tertiary/aromatic N) is 1. The van der Waals surface area contributed by atoms with Crippen LogP contribution in [0, 0.1) is 5.82 Å². The molecule has 0 radical (unpaired) electrons. The highest BCUT2D eigenvalue weighted by Gasteiger charge is 2.36. The molecule has 0 amide bonds. The van der Waals surface area contributed by atoms with Crippen molar-refractivity contribution in [3.8, 4) is 0 Å². The first-order chi connectivity index (χ1) is 13.5. The summed E-state index contributed by atoms with van der Waals surface area (Å²) < 4.78 is 19.1. The summed E-state index contributed by atoms with van der Waals surface area (Å²) in [5.74, 6) is -0.883. The minimum atomic E-state index is -0.791. The number of halogens is 1. The molecule has 146 valence electrons. The van der Waals surface area contributed by atoms with Gasteiger partial charge in [0.25, 0.3) is 5.56 Å². The maximum absolute atomic E-state index is 13.9. The second-order valence-electron chi connectivity index (χ2n) is 6.11. The van der Waals surface area contributed by atoms with Gasteiger partial charge in [-0.2, -0.15) is 0 Å². The molecule has 1 atom stereocenters. The van der Waals surface area contributed by atoms with Gasteiger partial charge in [0.2, 0.25) is 0 Å². The lowest BCUT2D eigenvalue weighted by Crippen LogP contribution is -2.31. The molecule has 0 aliphatic carbocycles. The van der Waals surface area contributed by atoms with Crippen molar-refractivity contribution in [2.24, 2.45) is 0 Å². The molecule has 6 nitrogen and oxygen atoms in total. The number of benzene rings is 1. The van der Waals surface area contributed by atoms with Crippen molar-refractivity contribution in [1.29, 1.82) is 0 Å². The number of fused-ring (bicyclic) bond motifs is 1. The molecule has 0 fully saturated rings. The molecule has 3 rings (SSSR count). The first-order valence-corrected chi connectivity index (χ1v) is 9.73. The zero-order chi connectivity index (χ0) is 20.3. The highest BCUT2D eigenvalue weighted by Crippen LogP contribution is 2.40. The molecule has 8 heteroatoms. The Hall–Kier alpha value is -2.87. The molecular weight excluding hydrogens is 381 g/mol. The molecular formula is C20H20FN3O3S. The third-order valence-corrected chi connectivity index (χ3v) is 5.11. The molecule has 2 heterocycles. The number of esters is 1. The molecule has 2 aromatic rings. The van der Waals surface area contributed by atoms with Gasteiger partial charge in [-0.15, -0.1) is 6.58 Å². The van der Waals surface area contributed by atoms with Crippen molar-refractivity contribution in [2.45, 2.75) is 24.9 Å². The van der Waals surface area contributed by atoms with Gasteiger partial charge in [-0.3, -0.25) is 4.79 Å². The fourth-order valence-electron chi connectivity index (χ4n) is 3.14. The van der Waals surface area contributed by atoms with Crippen molar-refractivity contribution < 1.29 is 13.9 Å². The average Bonchev–Trinajstić information content (AvgIpc) is 2.65. The summed E-state index contributed by atoms with van der Waals surface area (Å²) in [6.45, 7) is 7.25. The number of ether oxygens (including phenoxy) is 1. The Labute approximate surface area is 165 Å². The van der Waals surface area contributed by atoms with Crippen LogP contribution in [-0.4, -0.2) is 28.3 Å². The summed E-state index contributed by atoms with van der Waals surface area (Å²) in [5.41, 5.74) is 1.11. The Kier molecular flexibility index (Phi) is 5.99. The molecule has 1 aliphatic heterocycles. The molecule has 0 bridgehead atoms. The Bertz CT molecular complexity index is 1020. The zero-order valence-corrected chi connectivity index (χ0v) is 16.4. The fraction of sp³-hybridized carbons (Fsp3) is 0.250. The van der Waals surface area contributed by atoms with Crippen molar-refractivity contribution in [1.82, 2.24) is 9.97 Å². The van der Waals surface area contributed by atoms with Crippen LogP contribution in [0.5, 0.6) is 0 Å². The van der Waals surface area contributed by atoms with Gasteiger partial charge < -0.3 is 15.0 Å². The number of H-pyrrole nitrogens is 1. The minimum absolute atomic E-state index is 0.185. The van der Waals surface area contributed by atoms with Gasteiger partial charge in [0.15, 0.2) is 5.16 Å². The van der Waals surface area contributed by atoms with E-state index in [1.54, 1.807) is 32.1 Å². The van der Waals surface area contributed by atoms with Crippen LogP contribution in [0.2, 0.25) is 0 Å². The average molecular weight is 401 g/mol. The second kappa shape index (κ2) is 8.43. The maximum atomic E-state index is 13.9. The summed E-state index contributed by atoms with van der Waals surface area (Å²) in [6, 6.07) is 5.84. The second-order valence-corrected chi connectivity index (χ2v) is 7.11. The zero-order valence-electron chi connectivity index (χ0n) is 15.5. The van der Waals surface area contributed by atoms with Gasteiger partial charge in [-0.1, -0.05) is 30.0 Å². The predicted octanol–water partition coefficient (Wildman–Crippen LogP) is 3.58. The van der Waals surface area contributed by atoms with Crippen LogP contribution in [0.4, 0.5) is 10.2 Å². The van der Waals surface area contributed by atoms with Crippen molar-refractivity contribution in [3.05, 3.63) is 75.5 Å². The molecule has 2 N–H and O–H groups in total. The largest absolute Gasteiger partial charge is 0.463 e. The number of allylic oxidation sites excluding steroid dienone is 1. The Morgan fingerprint density at radius 2 is 2.25 bits per heavy atom. The van der Waals surface area contributed by atoms with E-state index in [1.165, 1.54) is 23.9 Å². The van der Waals surface area contributed by atoms with Crippen LogP contribution >= 0.6 is 11.8 Å². The lowest BCUT2D eigenvalue weighted by molar-refractivity contribution is -0.138. The van der Waals surface area contributed by atoms with Crippen molar-refractivity contribution in [2.75, 3.05) is 17.7 Å². The molecule has 0 saturated heterocycles. The van der Waals surface area contributed by atoms with E-state index in [0.717, 1.165) is 0 Å². The molecule has 1 aliphatic rings. The van der Waals surface area contributed by atoms with E-state index in [4.69, 9.17) is 4.74 Å². The number of carbonyl (C=O) groups is 1. The number of nitrogens with one attached hydrogen (secondary N) is 2. The van der Waals surface area contributed by atoms with Crippen molar-refractivity contribution >= 4 is 23.5 Å². The third kappa shape index (κ3) is 3.87. The fourth-order valence-corrected chi connectivity index (χ4v) is 3.73. The number of aromatic amines is 1. The molecule has 0 saturated carbocycles. The number of anilines is 1. The number of thioether (sulfide) groups is 1. The van der Waals surface area contributed by atoms with Crippen LogP contribution < -0.4 is 10.9 Å². The van der Waals surface area contributed by atoms with Crippen LogP contribution in [0.3, 0.4) is 0 Å². The lowest BCUT2D eigenvalue weighted by Gasteiger charge is -2.28. The number of carbonyl (C=O) groups excluding carboxylic acids is 1. The first kappa shape index (κ1) is 19.9. The quantitative estimate of drug-likeness (QED) is 0.333. The van der Waals surface area contributed by atoms with Crippen LogP contribution in [0.15, 0.2) is 58.1 Å². The van der Waals surface area contributed by atoms with Crippen LogP contribution in [0.25, 0.3) is 0 Å². The highest BCUT2D eigenvalue weighted by molar-refractivity contribution is 7.99. The summed E-state index contributed by atoms with van der Waals surface area (Å²) in [4.78, 5) is 32.8. The number of hydrogen-bond donors (Lipinski definition) is 2. The topological polar surface area (TPSA) is 84.1 Å². The third-order valence-electron chi connectivity index (χ3n) is 4.24. The molecule has 1 aromatic heterocycles. The molecule has 1 aromatic carbocycles. The monoisotopic (exact) mass is 401 g/mol. The number of hydrogen-bond acceptors (Lipinski definition) is 6. The Morgan fingerprint density at radius 3 is 2.93 bits per heavy atom. The standard InChI is InChI=1S/C20H20FN3O3S/c1-4-9-28-20-23-17-16(18(25)24-20)15(12-7-6-8-13(21)10-12)14(11(3)22-17)19(26)27-5-2/h4,6-8,10,15H,1,5,9H2,2-3H3,(H2,22,23,24,25)/t15-/m1/s1. The summed E-state index contributed by atoms with van der Waals surface area (Å²) in [7, 11) is 0. The van der Waals surface area contributed by atoms with Crippen molar-refractivity contribution in [3.63, 3.8) is 0 Å². The van der Waals surface area contributed by atoms with Crippen LogP contribution in [-0.2, 0) is 9.53 Å². The van der Waals surface area contributed by atoms with Gasteiger partial charge >= 0.3 is 5.97 Å². The maximum Gasteiger partial charge on any atom is 0.336 e. The van der Waals surface area contributed by atoms with Gasteiger partial charge in [0.1, 0.15) is 11.6 Å². The molecule has 28 heavy (non-hydrogen) atoms. The molecule has 0 spiro atoms. The Balaban J connectivity index is 2.21. The smallest absolute Gasteiger partial charge is 0.336 e. The van der Waals surface area contributed by atoms with E-state index < -0.39 is 23.3 Å². The lowest BCUT2D eigenvalue weighted by atomic mass is 9.82. The highest BCUT2D eigenvalue weighted by atomic mass is 32.2. The van der Waals surface area contributed by atoms with E-state index in [1.807, 2.05) is 0 Å². The molecule has 0 unspecified atom stereocenters.